The lowest BCUT2D eigenvalue weighted by Gasteiger charge is -2.40. The summed E-state index contributed by atoms with van der Waals surface area (Å²) < 4.78 is 22.6. The summed E-state index contributed by atoms with van der Waals surface area (Å²) in [5, 5.41) is 40.8. The number of aliphatic hydroxyl groups excluding tert-OH is 4. The summed E-state index contributed by atoms with van der Waals surface area (Å²) in [7, 11) is 0. The summed E-state index contributed by atoms with van der Waals surface area (Å²) in [6.45, 7) is 21.6. The number of hydrogen-bond donors (Lipinski definition) is 4. The fourth-order valence-electron chi connectivity index (χ4n) is 8.34. The standard InChI is InChI=1S/C49H94O10/c1-34(2)17-11-19-36(5)21-13-23-38(7)25-15-27-40(9)29-44(51)56-32-42(58-49-48(55)47(54)46(53)43(31-50)59-49)33-57-45(52)30-41(10)28-16-26-39(8)24-14-22-37(6)20-12-18-35(3)4/h34-43,46-50,53-55H,11-33H2,1-10H3/t36?,37?,38?,39?,40?,41?,42?,43-,46-,47+,48-,49-/m1/s1. The quantitative estimate of drug-likeness (QED) is 0.0454. The van der Waals surface area contributed by atoms with Gasteiger partial charge in [0.1, 0.15) is 43.7 Å². The SMILES string of the molecule is CC(C)CCCC(C)CCCC(C)CCCC(C)CC(=O)OCC(COC(=O)CC(C)CCCC(C)CCCC(C)CCCC(C)C)O[C@@H]1O[C@H](CO)[C@@H](O)[C@H](O)[C@H]1O. The van der Waals surface area contributed by atoms with Crippen LogP contribution in [0.1, 0.15) is 198 Å². The minimum atomic E-state index is -1.64. The van der Waals surface area contributed by atoms with Crippen LogP contribution in [0.4, 0.5) is 0 Å². The molecule has 1 aliphatic rings. The van der Waals surface area contributed by atoms with Gasteiger partial charge in [0, 0.05) is 12.8 Å². The van der Waals surface area contributed by atoms with Crippen molar-refractivity contribution >= 4 is 11.9 Å². The van der Waals surface area contributed by atoms with Gasteiger partial charge in [0.2, 0.25) is 0 Å². The lowest BCUT2D eigenvalue weighted by Crippen LogP contribution is -2.60. The third-order valence-corrected chi connectivity index (χ3v) is 12.6. The number of aliphatic hydroxyl groups is 4. The van der Waals surface area contributed by atoms with Crippen LogP contribution >= 0.6 is 0 Å². The van der Waals surface area contributed by atoms with Crippen molar-refractivity contribution in [3.63, 3.8) is 0 Å². The van der Waals surface area contributed by atoms with E-state index >= 15 is 0 Å². The molecule has 0 aromatic heterocycles. The molecular weight excluding hydrogens is 749 g/mol. The summed E-state index contributed by atoms with van der Waals surface area (Å²) in [5.74, 6) is 3.93. The highest BCUT2D eigenvalue weighted by Gasteiger charge is 2.45. The molecule has 0 bridgehead atoms. The molecule has 0 aromatic carbocycles. The van der Waals surface area contributed by atoms with Crippen LogP contribution in [0.5, 0.6) is 0 Å². The van der Waals surface area contributed by atoms with E-state index in [1.165, 1.54) is 77.0 Å². The number of esters is 2. The number of rotatable bonds is 35. The van der Waals surface area contributed by atoms with Crippen molar-refractivity contribution in [2.24, 2.45) is 47.3 Å². The zero-order valence-corrected chi connectivity index (χ0v) is 39.6. The van der Waals surface area contributed by atoms with E-state index in [1.807, 2.05) is 13.8 Å². The van der Waals surface area contributed by atoms with Crippen molar-refractivity contribution in [1.29, 1.82) is 0 Å². The van der Waals surface area contributed by atoms with Gasteiger partial charge in [-0.05, 0) is 47.3 Å². The summed E-state index contributed by atoms with van der Waals surface area (Å²) in [5.41, 5.74) is 0. The molecule has 0 saturated carbocycles. The van der Waals surface area contributed by atoms with Gasteiger partial charge in [0.15, 0.2) is 6.29 Å². The second-order valence-corrected chi connectivity index (χ2v) is 20.2. The Hall–Kier alpha value is -1.30. The van der Waals surface area contributed by atoms with Crippen LogP contribution in [-0.2, 0) is 28.5 Å². The molecule has 1 fully saturated rings. The first-order valence-corrected chi connectivity index (χ1v) is 24.2. The highest BCUT2D eigenvalue weighted by Crippen LogP contribution is 2.26. The van der Waals surface area contributed by atoms with E-state index in [4.69, 9.17) is 18.9 Å². The summed E-state index contributed by atoms with van der Waals surface area (Å²) >= 11 is 0. The highest BCUT2D eigenvalue weighted by atomic mass is 16.7. The van der Waals surface area contributed by atoms with Gasteiger partial charge in [-0.1, -0.05) is 185 Å². The smallest absolute Gasteiger partial charge is 0.306 e. The Morgan fingerprint density at radius 2 is 0.797 bits per heavy atom. The zero-order valence-electron chi connectivity index (χ0n) is 39.6. The van der Waals surface area contributed by atoms with Gasteiger partial charge in [-0.2, -0.15) is 0 Å². The van der Waals surface area contributed by atoms with Crippen LogP contribution in [0, 0.1) is 47.3 Å². The molecule has 0 radical (unpaired) electrons. The zero-order chi connectivity index (χ0) is 44.3. The van der Waals surface area contributed by atoms with Crippen molar-refractivity contribution in [2.75, 3.05) is 19.8 Å². The van der Waals surface area contributed by atoms with Crippen molar-refractivity contribution in [2.45, 2.75) is 234 Å². The normalized spacial score (nSPS) is 23.4. The average molecular weight is 843 g/mol. The number of carbonyl (C=O) groups excluding carboxylic acids is 2. The average Bonchev–Trinajstić information content (AvgIpc) is 3.15. The lowest BCUT2D eigenvalue weighted by molar-refractivity contribution is -0.315. The third-order valence-electron chi connectivity index (χ3n) is 12.6. The molecule has 10 nitrogen and oxygen atoms in total. The molecule has 11 atom stereocenters. The Morgan fingerprint density at radius 1 is 0.475 bits per heavy atom. The van der Waals surface area contributed by atoms with Gasteiger partial charge in [-0.3, -0.25) is 9.59 Å². The molecule has 6 unspecified atom stereocenters. The predicted molar refractivity (Wildman–Crippen MR) is 238 cm³/mol. The lowest BCUT2D eigenvalue weighted by atomic mass is 9.91. The van der Waals surface area contributed by atoms with Crippen LogP contribution in [0.15, 0.2) is 0 Å². The Bertz CT molecular complexity index is 990. The molecule has 0 spiro atoms. The highest BCUT2D eigenvalue weighted by molar-refractivity contribution is 5.70. The number of ether oxygens (including phenoxy) is 4. The fraction of sp³-hybridized carbons (Fsp3) is 0.959. The predicted octanol–water partition coefficient (Wildman–Crippen LogP) is 10.2. The molecule has 10 heteroatoms. The minimum Gasteiger partial charge on any atom is -0.463 e. The maximum atomic E-state index is 12.9. The van der Waals surface area contributed by atoms with E-state index in [-0.39, 0.29) is 37.9 Å². The van der Waals surface area contributed by atoms with Crippen LogP contribution in [0.2, 0.25) is 0 Å². The molecule has 0 aromatic rings. The molecule has 1 heterocycles. The van der Waals surface area contributed by atoms with E-state index in [0.29, 0.717) is 11.8 Å². The fourth-order valence-corrected chi connectivity index (χ4v) is 8.34. The van der Waals surface area contributed by atoms with E-state index in [9.17, 15) is 30.0 Å². The first-order valence-electron chi connectivity index (χ1n) is 24.2. The topological polar surface area (TPSA) is 152 Å². The van der Waals surface area contributed by atoms with E-state index in [1.54, 1.807) is 0 Å². The number of carbonyl (C=O) groups is 2. The maximum absolute atomic E-state index is 12.9. The first kappa shape index (κ1) is 55.7. The molecule has 1 saturated heterocycles. The third kappa shape index (κ3) is 27.4. The van der Waals surface area contributed by atoms with Gasteiger partial charge in [-0.15, -0.1) is 0 Å². The molecule has 1 rings (SSSR count). The second kappa shape index (κ2) is 32.4. The Balaban J connectivity index is 2.54. The van der Waals surface area contributed by atoms with Crippen molar-refractivity contribution < 1.29 is 49.0 Å². The van der Waals surface area contributed by atoms with Gasteiger partial charge in [-0.25, -0.2) is 0 Å². The van der Waals surface area contributed by atoms with Gasteiger partial charge < -0.3 is 39.4 Å². The second-order valence-electron chi connectivity index (χ2n) is 20.2. The monoisotopic (exact) mass is 843 g/mol. The van der Waals surface area contributed by atoms with Crippen molar-refractivity contribution in [1.82, 2.24) is 0 Å². The van der Waals surface area contributed by atoms with Gasteiger partial charge in [0.05, 0.1) is 6.61 Å². The molecule has 0 amide bonds. The van der Waals surface area contributed by atoms with Crippen LogP contribution in [-0.4, -0.2) is 89.0 Å². The maximum Gasteiger partial charge on any atom is 0.306 e. The minimum absolute atomic E-state index is 0.135. The summed E-state index contributed by atoms with van der Waals surface area (Å²) in [6, 6.07) is 0. The molecule has 350 valence electrons. The van der Waals surface area contributed by atoms with Crippen molar-refractivity contribution in [3.05, 3.63) is 0 Å². The number of hydrogen-bond acceptors (Lipinski definition) is 10. The van der Waals surface area contributed by atoms with E-state index in [2.05, 4.69) is 55.4 Å². The molecule has 1 aliphatic heterocycles. The molecule has 0 aliphatic carbocycles. The van der Waals surface area contributed by atoms with Crippen molar-refractivity contribution in [3.8, 4) is 0 Å². The molecule has 59 heavy (non-hydrogen) atoms. The van der Waals surface area contributed by atoms with Gasteiger partial charge >= 0.3 is 11.9 Å². The van der Waals surface area contributed by atoms with Crippen LogP contribution in [0.3, 0.4) is 0 Å². The van der Waals surface area contributed by atoms with Crippen LogP contribution in [0.25, 0.3) is 0 Å². The Labute approximate surface area is 361 Å². The molecule has 4 N–H and O–H groups in total. The van der Waals surface area contributed by atoms with Gasteiger partial charge in [0.25, 0.3) is 0 Å². The Kier molecular flexibility index (Phi) is 30.6. The largest absolute Gasteiger partial charge is 0.463 e. The van der Waals surface area contributed by atoms with E-state index < -0.39 is 55.4 Å². The van der Waals surface area contributed by atoms with E-state index in [0.717, 1.165) is 62.2 Å². The summed E-state index contributed by atoms with van der Waals surface area (Å²) in [4.78, 5) is 25.9. The van der Waals surface area contributed by atoms with Crippen LogP contribution < -0.4 is 0 Å². The molecular formula is C49H94O10. The Morgan fingerprint density at radius 3 is 1.12 bits per heavy atom. The first-order chi connectivity index (χ1) is 27.9. The summed E-state index contributed by atoms with van der Waals surface area (Å²) in [6.07, 6.45) is 13.8.